The van der Waals surface area contributed by atoms with E-state index in [-0.39, 0.29) is 9.70 Å². The largest absolute Gasteiger partial charge is 0.325 e. The third kappa shape index (κ3) is 2.94. The number of aryl methyl sites for hydroxylation is 2. The Kier molecular flexibility index (Phi) is 4.07. The van der Waals surface area contributed by atoms with E-state index in [1.165, 1.54) is 11.1 Å². The molecule has 4 rings (SSSR count). The summed E-state index contributed by atoms with van der Waals surface area (Å²) in [6, 6.07) is 16.7. The van der Waals surface area contributed by atoms with Gasteiger partial charge in [-0.15, -0.1) is 0 Å². The van der Waals surface area contributed by atoms with Crippen LogP contribution in [0.5, 0.6) is 0 Å². The van der Waals surface area contributed by atoms with Gasteiger partial charge in [-0.25, -0.2) is 0 Å². The summed E-state index contributed by atoms with van der Waals surface area (Å²) >= 11 is 5.30. The number of hydrogen-bond acceptors (Lipinski definition) is 5. The highest BCUT2D eigenvalue weighted by Gasteiger charge is 2.33. The monoisotopic (exact) mass is 372 g/mol. The van der Waals surface area contributed by atoms with Crippen LogP contribution in [0.3, 0.4) is 0 Å². The predicted octanol–water partition coefficient (Wildman–Crippen LogP) is 4.40. The second kappa shape index (κ2) is 6.23. The molecule has 0 fully saturated rings. The predicted molar refractivity (Wildman–Crippen MR) is 112 cm³/mol. The van der Waals surface area contributed by atoms with Gasteiger partial charge in [0.25, 0.3) is 0 Å². The summed E-state index contributed by atoms with van der Waals surface area (Å²) in [6.07, 6.45) is 0. The smallest absolute Gasteiger partial charge is 0.221 e. The molecule has 1 atom stereocenters. The van der Waals surface area contributed by atoms with Crippen molar-refractivity contribution >= 4 is 59.5 Å². The highest BCUT2D eigenvalue weighted by molar-refractivity contribution is 8.90. The molecule has 2 aliphatic heterocycles. The third-order valence-corrected chi connectivity index (χ3v) is 7.42. The molecule has 2 aromatic carbocycles. The highest BCUT2D eigenvalue weighted by Crippen LogP contribution is 2.44. The van der Waals surface area contributed by atoms with Gasteiger partial charge in [0, 0.05) is 15.4 Å². The first-order chi connectivity index (χ1) is 11.6. The molecule has 24 heavy (non-hydrogen) atoms. The van der Waals surface area contributed by atoms with Gasteiger partial charge in [-0.05, 0) is 48.9 Å². The van der Waals surface area contributed by atoms with Gasteiger partial charge in [0.05, 0.1) is 5.69 Å². The van der Waals surface area contributed by atoms with Crippen LogP contribution < -0.4 is 15.5 Å². The van der Waals surface area contributed by atoms with Crippen LogP contribution in [0.25, 0.3) is 0 Å². The van der Waals surface area contributed by atoms with Crippen molar-refractivity contribution in [3.63, 3.8) is 0 Å². The molecule has 0 spiro atoms. The minimum atomic E-state index is -0.310. The first-order valence-corrected chi connectivity index (χ1v) is 10.4. The van der Waals surface area contributed by atoms with Crippen LogP contribution in [0.15, 0.2) is 52.9 Å². The van der Waals surface area contributed by atoms with E-state index >= 15 is 0 Å². The van der Waals surface area contributed by atoms with E-state index in [0.29, 0.717) is 0 Å². The summed E-state index contributed by atoms with van der Waals surface area (Å²) in [5, 5.41) is 7.77. The Labute approximate surface area is 152 Å². The summed E-state index contributed by atoms with van der Waals surface area (Å²) < 4.78 is 5.61. The maximum absolute atomic E-state index is 5.30. The molecule has 0 aliphatic carbocycles. The van der Waals surface area contributed by atoms with Crippen LogP contribution in [0, 0.1) is 13.8 Å². The van der Waals surface area contributed by atoms with Crippen LogP contribution in [0.1, 0.15) is 11.1 Å². The molecular weight excluding hydrogens is 356 g/mol. The topological polar surface area (TPSA) is 39.7 Å². The molecule has 0 bridgehead atoms. The molecule has 0 radical (unpaired) electrons. The Morgan fingerprint density at radius 2 is 1.67 bits per heavy atom. The van der Waals surface area contributed by atoms with Crippen LogP contribution >= 0.6 is 32.7 Å². The molecular formula is C17H16N4S3. The molecule has 122 valence electrons. The third-order valence-electron chi connectivity index (χ3n) is 3.71. The van der Waals surface area contributed by atoms with Crippen molar-refractivity contribution in [3.05, 3.63) is 59.7 Å². The van der Waals surface area contributed by atoms with Gasteiger partial charge in [-0.1, -0.05) is 47.6 Å². The highest BCUT2D eigenvalue weighted by atomic mass is 33.1. The van der Waals surface area contributed by atoms with Crippen LogP contribution in [-0.4, -0.2) is 15.4 Å². The van der Waals surface area contributed by atoms with Crippen molar-refractivity contribution in [1.82, 2.24) is 5.32 Å². The SMILES string of the molecule is Cc1ccc(NC2=NS3=C(NC(=S)S3)N2c2ccc(C)cc2)cc1. The lowest BCUT2D eigenvalue weighted by Gasteiger charge is -2.23. The normalized spacial score (nSPS) is 19.2. The van der Waals surface area contributed by atoms with E-state index in [1.807, 2.05) is 0 Å². The van der Waals surface area contributed by atoms with Crippen molar-refractivity contribution < 1.29 is 0 Å². The minimum absolute atomic E-state index is 0.310. The Morgan fingerprint density at radius 1 is 1.04 bits per heavy atom. The summed E-state index contributed by atoms with van der Waals surface area (Å²) in [5.41, 5.74) is 4.56. The fourth-order valence-corrected chi connectivity index (χ4v) is 6.03. The molecule has 4 nitrogen and oxygen atoms in total. The molecule has 0 aromatic heterocycles. The molecule has 2 aliphatic rings. The van der Waals surface area contributed by atoms with Gasteiger partial charge in [-0.2, -0.15) is 4.40 Å². The van der Waals surface area contributed by atoms with Crippen molar-refractivity contribution in [3.8, 4) is 0 Å². The van der Waals surface area contributed by atoms with E-state index in [9.17, 15) is 0 Å². The lowest BCUT2D eigenvalue weighted by atomic mass is 10.2. The first-order valence-electron chi connectivity index (χ1n) is 7.50. The maximum atomic E-state index is 5.30. The Balaban J connectivity index is 1.69. The summed E-state index contributed by atoms with van der Waals surface area (Å²) in [5.74, 6) is 0.823. The first kappa shape index (κ1) is 15.7. The standard InChI is InChI=1S/C17H16N4S3/c1-11-3-7-13(8-4-11)18-15-20-24-16(19-17(22)23-24)21(15)14-9-5-12(2)6-10-14/h3-10H,1-2H3,(H,18,20)(H,19,22). The van der Waals surface area contributed by atoms with Crippen molar-refractivity contribution in [2.75, 3.05) is 10.2 Å². The van der Waals surface area contributed by atoms with Gasteiger partial charge in [0.1, 0.15) is 0 Å². The van der Waals surface area contributed by atoms with Gasteiger partial charge in [-0.3, -0.25) is 4.90 Å². The molecule has 0 saturated heterocycles. The lowest BCUT2D eigenvalue weighted by molar-refractivity contribution is 1.32. The number of hydrogen-bond donors (Lipinski definition) is 2. The zero-order chi connectivity index (χ0) is 16.7. The number of rotatable bonds is 2. The summed E-state index contributed by atoms with van der Waals surface area (Å²) in [7, 11) is 1.29. The Hall–Kier alpha value is -1.83. The molecule has 0 amide bonds. The molecule has 1 unspecified atom stereocenters. The van der Waals surface area contributed by atoms with Crippen molar-refractivity contribution in [1.29, 1.82) is 0 Å². The Morgan fingerprint density at radius 3 is 2.33 bits per heavy atom. The molecule has 0 saturated carbocycles. The van der Waals surface area contributed by atoms with Gasteiger partial charge in [0.15, 0.2) is 9.43 Å². The second-order valence-electron chi connectivity index (χ2n) is 5.63. The van der Waals surface area contributed by atoms with Crippen molar-refractivity contribution in [2.24, 2.45) is 4.40 Å². The van der Waals surface area contributed by atoms with E-state index in [2.05, 4.69) is 77.9 Å². The van der Waals surface area contributed by atoms with Crippen molar-refractivity contribution in [2.45, 2.75) is 13.8 Å². The zero-order valence-electron chi connectivity index (χ0n) is 13.2. The molecule has 7 heteroatoms. The summed E-state index contributed by atoms with van der Waals surface area (Å²) in [6.45, 7) is 4.17. The maximum Gasteiger partial charge on any atom is 0.221 e. The van der Waals surface area contributed by atoms with E-state index in [4.69, 9.17) is 16.6 Å². The zero-order valence-corrected chi connectivity index (χ0v) is 15.7. The van der Waals surface area contributed by atoms with Crippen LogP contribution in [0.4, 0.5) is 11.4 Å². The number of thiocarbonyl (C=S) groups is 1. The fraction of sp³-hybridized carbons (Fsp3) is 0.118. The van der Waals surface area contributed by atoms with Gasteiger partial charge < -0.3 is 10.6 Å². The van der Waals surface area contributed by atoms with Gasteiger partial charge in [0.2, 0.25) is 5.96 Å². The number of nitrogens with one attached hydrogen (secondary N) is 2. The quantitative estimate of drug-likeness (QED) is 0.604. The second-order valence-corrected chi connectivity index (χ2v) is 9.38. The van der Waals surface area contributed by atoms with Gasteiger partial charge >= 0.3 is 0 Å². The number of benzene rings is 2. The average Bonchev–Trinajstić information content (AvgIpc) is 3.06. The number of anilines is 2. The molecule has 2 N–H and O–H groups in total. The van der Waals surface area contributed by atoms with E-state index < -0.39 is 0 Å². The van der Waals surface area contributed by atoms with E-state index in [0.717, 1.165) is 26.8 Å². The minimum Gasteiger partial charge on any atom is -0.325 e. The molecule has 2 aromatic rings. The fourth-order valence-electron chi connectivity index (χ4n) is 2.45. The lowest BCUT2D eigenvalue weighted by Crippen LogP contribution is -2.44. The van der Waals surface area contributed by atoms with Crippen LogP contribution in [0.2, 0.25) is 0 Å². The average molecular weight is 373 g/mol. The number of nitrogens with zero attached hydrogens (tertiary/aromatic N) is 2. The Bertz CT molecular complexity index is 870. The van der Waals surface area contributed by atoms with Crippen LogP contribution in [-0.2, 0) is 0 Å². The number of guanidine groups is 1. The molecule has 2 heterocycles. The summed E-state index contributed by atoms with van der Waals surface area (Å²) in [4.78, 5) is 2.12. The van der Waals surface area contributed by atoms with E-state index in [1.54, 1.807) is 10.8 Å².